The third-order valence-electron chi connectivity index (χ3n) is 5.45. The minimum absolute atomic E-state index is 0.771. The van der Waals surface area contributed by atoms with Gasteiger partial charge in [-0.2, -0.15) is 0 Å². The Hall–Kier alpha value is -4.43. The maximum atomic E-state index is 4.62. The van der Waals surface area contributed by atoms with Gasteiger partial charge in [0.25, 0.3) is 0 Å². The second-order valence-electron chi connectivity index (χ2n) is 8.42. The van der Waals surface area contributed by atoms with E-state index >= 15 is 0 Å². The number of nitrogens with one attached hydrogen (secondary N) is 1. The zero-order chi connectivity index (χ0) is 26.9. The molecule has 2 heteroatoms. The molecule has 0 saturated heterocycles. The Morgan fingerprint density at radius 2 is 1.32 bits per heavy atom. The van der Waals surface area contributed by atoms with Crippen LogP contribution in [0.3, 0.4) is 0 Å². The van der Waals surface area contributed by atoms with Crippen LogP contribution in [0.25, 0.3) is 16.8 Å². The van der Waals surface area contributed by atoms with Crippen LogP contribution in [0.15, 0.2) is 157 Å². The summed E-state index contributed by atoms with van der Waals surface area (Å²) in [5.41, 5.74) is 8.54. The number of benzene rings is 3. The topological polar surface area (TPSA) is 24.4 Å². The van der Waals surface area contributed by atoms with Gasteiger partial charge in [-0.05, 0) is 68.2 Å². The van der Waals surface area contributed by atoms with Crippen LogP contribution < -0.4 is 5.32 Å². The van der Waals surface area contributed by atoms with Crippen molar-refractivity contribution in [3.05, 3.63) is 157 Å². The summed E-state index contributed by atoms with van der Waals surface area (Å²) < 4.78 is 0. The Kier molecular flexibility index (Phi) is 12.7. The lowest BCUT2D eigenvalue weighted by molar-refractivity contribution is 1.37. The Labute approximate surface area is 223 Å². The molecule has 3 aromatic rings. The molecule has 3 rings (SSSR count). The van der Waals surface area contributed by atoms with E-state index in [1.807, 2.05) is 113 Å². The first-order valence-corrected chi connectivity index (χ1v) is 12.4. The van der Waals surface area contributed by atoms with Crippen molar-refractivity contribution in [3.63, 3.8) is 0 Å². The highest BCUT2D eigenvalue weighted by Crippen LogP contribution is 2.22. The third-order valence-corrected chi connectivity index (χ3v) is 5.45. The van der Waals surface area contributed by atoms with Crippen LogP contribution in [0.2, 0.25) is 0 Å². The molecule has 0 atom stereocenters. The lowest BCUT2D eigenvalue weighted by atomic mass is 10.0. The Bertz CT molecular complexity index is 1270. The number of allylic oxidation sites excluding steroid dienone is 9. The van der Waals surface area contributed by atoms with Crippen LogP contribution in [-0.4, -0.2) is 5.71 Å². The summed E-state index contributed by atoms with van der Waals surface area (Å²) in [5, 5.41) is 3.29. The average Bonchev–Trinajstić information content (AvgIpc) is 2.93. The van der Waals surface area contributed by atoms with Crippen molar-refractivity contribution < 1.29 is 0 Å². The molecule has 188 valence electrons. The van der Waals surface area contributed by atoms with E-state index in [2.05, 4.69) is 59.9 Å². The lowest BCUT2D eigenvalue weighted by Crippen LogP contribution is -1.94. The number of nitrogens with zero attached hydrogens (tertiary/aromatic N) is 1. The average molecular weight is 487 g/mol. The Morgan fingerprint density at radius 3 is 1.92 bits per heavy atom. The molecule has 0 unspecified atom stereocenters. The standard InChI is InChI=1S/C23H23N.C12H15N/c1-5-6-8-11-18(2)19(3)24-20(4)21-14-16-23(17-15-21)22-12-9-7-10-13-22;1-3-4-8-11(2)13-12-9-6-5-7-10-12/h5-17H,1,4H2,2-3H3;3-10,13H,1-2H3/b8-6-,18-11+,24-19?;4-3-,11-8+. The maximum Gasteiger partial charge on any atom is 0.0633 e. The van der Waals surface area contributed by atoms with E-state index in [0.29, 0.717) is 0 Å². The smallest absolute Gasteiger partial charge is 0.0633 e. The predicted octanol–water partition coefficient (Wildman–Crippen LogP) is 10.1. The van der Waals surface area contributed by atoms with Gasteiger partial charge in [0.1, 0.15) is 0 Å². The van der Waals surface area contributed by atoms with Crippen LogP contribution in [-0.2, 0) is 0 Å². The van der Waals surface area contributed by atoms with Crippen LogP contribution in [0.5, 0.6) is 0 Å². The van der Waals surface area contributed by atoms with E-state index in [1.165, 1.54) is 11.1 Å². The van der Waals surface area contributed by atoms with Gasteiger partial charge in [-0.3, -0.25) is 4.99 Å². The molecule has 1 N–H and O–H groups in total. The molecule has 0 heterocycles. The molecule has 0 aromatic heterocycles. The van der Waals surface area contributed by atoms with Crippen molar-refractivity contribution in [1.29, 1.82) is 0 Å². The van der Waals surface area contributed by atoms with Crippen LogP contribution >= 0.6 is 0 Å². The lowest BCUT2D eigenvalue weighted by Gasteiger charge is -2.06. The SMILES string of the molecule is C/C=C\C=C(/C)Nc1ccccc1.C=C/C=C\C=C(/C)C(C)=NC(=C)c1ccc(-c2ccccc2)cc1. The van der Waals surface area contributed by atoms with Crippen molar-refractivity contribution in [2.45, 2.75) is 27.7 Å². The van der Waals surface area contributed by atoms with Crippen LogP contribution in [0, 0.1) is 0 Å². The number of rotatable bonds is 9. The summed E-state index contributed by atoms with van der Waals surface area (Å²) in [4.78, 5) is 4.62. The molecule has 0 spiro atoms. The molecule has 0 radical (unpaired) electrons. The fourth-order valence-corrected chi connectivity index (χ4v) is 3.27. The van der Waals surface area contributed by atoms with Crippen LogP contribution in [0.4, 0.5) is 5.69 Å². The molecular weight excluding hydrogens is 448 g/mol. The summed E-state index contributed by atoms with van der Waals surface area (Å²) in [5.74, 6) is 0. The summed E-state index contributed by atoms with van der Waals surface area (Å²) in [6.07, 6.45) is 13.7. The molecule has 0 fully saturated rings. The zero-order valence-corrected chi connectivity index (χ0v) is 22.5. The summed E-state index contributed by atoms with van der Waals surface area (Å²) in [6.45, 7) is 15.8. The Balaban J connectivity index is 0.000000312. The van der Waals surface area contributed by atoms with E-state index in [9.17, 15) is 0 Å². The summed E-state index contributed by atoms with van der Waals surface area (Å²) >= 11 is 0. The molecule has 0 aliphatic carbocycles. The third kappa shape index (κ3) is 10.8. The Morgan fingerprint density at radius 1 is 0.730 bits per heavy atom. The van der Waals surface area contributed by atoms with Gasteiger partial charge >= 0.3 is 0 Å². The van der Waals surface area contributed by atoms with Crippen molar-refractivity contribution in [3.8, 4) is 11.1 Å². The summed E-state index contributed by atoms with van der Waals surface area (Å²) in [6, 6.07) is 28.8. The molecule has 0 saturated carbocycles. The van der Waals surface area contributed by atoms with E-state index in [4.69, 9.17) is 0 Å². The van der Waals surface area contributed by atoms with E-state index in [0.717, 1.165) is 33.9 Å². The van der Waals surface area contributed by atoms with E-state index in [1.54, 1.807) is 6.08 Å². The first kappa shape index (κ1) is 28.8. The van der Waals surface area contributed by atoms with Crippen LogP contribution in [0.1, 0.15) is 33.3 Å². The minimum Gasteiger partial charge on any atom is -0.359 e. The predicted molar refractivity (Wildman–Crippen MR) is 166 cm³/mol. The first-order chi connectivity index (χ1) is 17.9. The molecule has 2 nitrogen and oxygen atoms in total. The largest absolute Gasteiger partial charge is 0.359 e. The van der Waals surface area contributed by atoms with Gasteiger partial charge in [0, 0.05) is 17.1 Å². The van der Waals surface area contributed by atoms with Crippen molar-refractivity contribution in [2.75, 3.05) is 5.32 Å². The number of aliphatic imine (C=N–C) groups is 1. The number of anilines is 1. The van der Waals surface area contributed by atoms with Gasteiger partial charge in [0.2, 0.25) is 0 Å². The van der Waals surface area contributed by atoms with Gasteiger partial charge in [-0.15, -0.1) is 0 Å². The molecular formula is C35H38N2. The molecule has 0 amide bonds. The maximum absolute atomic E-state index is 4.62. The van der Waals surface area contributed by atoms with Crippen molar-refractivity contribution in [1.82, 2.24) is 0 Å². The van der Waals surface area contributed by atoms with Gasteiger partial charge in [-0.1, -0.05) is 122 Å². The fourth-order valence-electron chi connectivity index (χ4n) is 3.27. The zero-order valence-electron chi connectivity index (χ0n) is 22.5. The van der Waals surface area contributed by atoms with E-state index < -0.39 is 0 Å². The summed E-state index contributed by atoms with van der Waals surface area (Å²) in [7, 11) is 0. The number of hydrogen-bond acceptors (Lipinski definition) is 2. The van der Waals surface area contributed by atoms with Gasteiger partial charge in [0.15, 0.2) is 0 Å². The van der Waals surface area contributed by atoms with Crippen molar-refractivity contribution in [2.24, 2.45) is 4.99 Å². The highest BCUT2D eigenvalue weighted by Gasteiger charge is 2.02. The highest BCUT2D eigenvalue weighted by atomic mass is 14.9. The monoisotopic (exact) mass is 486 g/mol. The van der Waals surface area contributed by atoms with E-state index in [-0.39, 0.29) is 0 Å². The van der Waals surface area contributed by atoms with Gasteiger partial charge in [-0.25, -0.2) is 0 Å². The first-order valence-electron chi connectivity index (χ1n) is 12.4. The van der Waals surface area contributed by atoms with Gasteiger partial charge in [0.05, 0.1) is 5.70 Å². The molecule has 0 bridgehead atoms. The number of hydrogen-bond donors (Lipinski definition) is 1. The quantitative estimate of drug-likeness (QED) is 0.236. The minimum atomic E-state index is 0.771. The second kappa shape index (κ2) is 16.3. The highest BCUT2D eigenvalue weighted by molar-refractivity contribution is 6.00. The molecule has 0 aliphatic rings. The van der Waals surface area contributed by atoms with Gasteiger partial charge < -0.3 is 5.32 Å². The molecule has 37 heavy (non-hydrogen) atoms. The second-order valence-corrected chi connectivity index (χ2v) is 8.42. The van der Waals surface area contributed by atoms with Crippen molar-refractivity contribution >= 4 is 17.1 Å². The molecule has 0 aliphatic heterocycles. The number of para-hydroxylation sites is 1. The fraction of sp³-hybridized carbons (Fsp3) is 0.114. The normalized spacial score (nSPS) is 12.3. The molecule has 3 aromatic carbocycles.